The normalized spacial score (nSPS) is 11.7. The standard InChI is InChI=1S/C32H34BrN2O2P/c1-4-22-32(23-5-2,37-38(36,28-18-11-7-12-19-28)29-20-13-8-14-21-29)24-15-25-35-26(3)30(33)31(34-35)27-16-9-6-10-17-27/h6-14,16-21H,4-5,22-23,25H2,1-3H3. The minimum absolute atomic E-state index is 0.413. The molecule has 0 bridgehead atoms. The van der Waals surface area contributed by atoms with E-state index in [2.05, 4.69) is 53.8 Å². The molecule has 1 heterocycles. The maximum Gasteiger partial charge on any atom is 0.262 e. The summed E-state index contributed by atoms with van der Waals surface area (Å²) < 4.78 is 24.4. The van der Waals surface area contributed by atoms with Gasteiger partial charge in [0.15, 0.2) is 0 Å². The zero-order chi connectivity index (χ0) is 27.0. The molecule has 0 saturated carbocycles. The fourth-order valence-electron chi connectivity index (χ4n) is 4.66. The van der Waals surface area contributed by atoms with Gasteiger partial charge in [0.05, 0.1) is 10.2 Å². The van der Waals surface area contributed by atoms with Gasteiger partial charge in [-0.3, -0.25) is 9.25 Å². The summed E-state index contributed by atoms with van der Waals surface area (Å²) in [6.07, 6.45) is 3.11. The summed E-state index contributed by atoms with van der Waals surface area (Å²) in [7, 11) is -3.40. The number of benzene rings is 3. The molecule has 4 nitrogen and oxygen atoms in total. The first kappa shape index (κ1) is 28.1. The van der Waals surface area contributed by atoms with E-state index < -0.39 is 13.0 Å². The van der Waals surface area contributed by atoms with Gasteiger partial charge in [-0.2, -0.15) is 5.10 Å². The summed E-state index contributed by atoms with van der Waals surface area (Å²) in [5.41, 5.74) is 2.11. The molecule has 6 heteroatoms. The molecular formula is C32H34BrN2O2P. The Labute approximate surface area is 235 Å². The first-order chi connectivity index (χ1) is 18.4. The zero-order valence-electron chi connectivity index (χ0n) is 22.2. The summed E-state index contributed by atoms with van der Waals surface area (Å²) in [6.45, 7) is 6.68. The predicted octanol–water partition coefficient (Wildman–Crippen LogP) is 7.91. The Kier molecular flexibility index (Phi) is 9.44. The Morgan fingerprint density at radius 3 is 1.87 bits per heavy atom. The first-order valence-corrected chi connectivity index (χ1v) is 15.5. The zero-order valence-corrected chi connectivity index (χ0v) is 24.7. The average Bonchev–Trinajstić information content (AvgIpc) is 3.23. The molecule has 0 saturated heterocycles. The molecule has 0 fully saturated rings. The Hall–Kier alpha value is -2.90. The highest BCUT2D eigenvalue weighted by atomic mass is 79.9. The predicted molar refractivity (Wildman–Crippen MR) is 161 cm³/mol. The SMILES string of the molecule is CCCC(C#CCn1nc(-c2ccccc2)c(Br)c1C)(CCC)OP(=O)(c1ccccc1)c1ccccc1. The maximum atomic E-state index is 14.8. The molecule has 0 spiro atoms. The Morgan fingerprint density at radius 2 is 1.37 bits per heavy atom. The van der Waals surface area contributed by atoms with E-state index in [1.54, 1.807) is 0 Å². The van der Waals surface area contributed by atoms with Gasteiger partial charge in [-0.15, -0.1) is 0 Å². The quantitative estimate of drug-likeness (QED) is 0.140. The number of hydrogen-bond acceptors (Lipinski definition) is 3. The van der Waals surface area contributed by atoms with E-state index in [-0.39, 0.29) is 0 Å². The highest BCUT2D eigenvalue weighted by Crippen LogP contribution is 2.50. The second-order valence-electron chi connectivity index (χ2n) is 9.38. The number of nitrogens with zero attached hydrogens (tertiary/aromatic N) is 2. The molecule has 0 aliphatic rings. The monoisotopic (exact) mass is 588 g/mol. The maximum absolute atomic E-state index is 14.8. The lowest BCUT2D eigenvalue weighted by molar-refractivity contribution is 0.117. The molecule has 0 amide bonds. The molecule has 0 atom stereocenters. The van der Waals surface area contributed by atoms with Crippen molar-refractivity contribution in [3.63, 3.8) is 0 Å². The molecule has 0 radical (unpaired) electrons. The van der Waals surface area contributed by atoms with E-state index in [4.69, 9.17) is 9.62 Å². The van der Waals surface area contributed by atoms with Crippen LogP contribution in [0, 0.1) is 18.8 Å². The van der Waals surface area contributed by atoms with E-state index in [0.29, 0.717) is 30.0 Å². The summed E-state index contributed by atoms with van der Waals surface area (Å²) in [5, 5.41) is 6.20. The van der Waals surface area contributed by atoms with Crippen molar-refractivity contribution in [2.75, 3.05) is 0 Å². The van der Waals surface area contributed by atoms with Gasteiger partial charge < -0.3 is 4.52 Å². The summed E-state index contributed by atoms with van der Waals surface area (Å²) in [5.74, 6) is 6.81. The second-order valence-corrected chi connectivity index (χ2v) is 12.5. The van der Waals surface area contributed by atoms with E-state index in [9.17, 15) is 4.57 Å². The molecule has 0 aliphatic heterocycles. The summed E-state index contributed by atoms with van der Waals surface area (Å²) in [6, 6.07) is 29.2. The van der Waals surface area contributed by atoms with Gasteiger partial charge in [0.2, 0.25) is 0 Å². The van der Waals surface area contributed by atoms with Crippen LogP contribution in [-0.4, -0.2) is 15.4 Å². The highest BCUT2D eigenvalue weighted by molar-refractivity contribution is 9.10. The number of halogens is 1. The summed E-state index contributed by atoms with van der Waals surface area (Å²) in [4.78, 5) is 0. The Balaban J connectivity index is 1.72. The molecule has 1 aromatic heterocycles. The van der Waals surface area contributed by atoms with Crippen molar-refractivity contribution in [1.29, 1.82) is 0 Å². The van der Waals surface area contributed by atoms with E-state index in [1.165, 1.54) is 0 Å². The molecule has 4 rings (SSSR count). The Morgan fingerprint density at radius 1 is 0.868 bits per heavy atom. The molecule has 0 aliphatic carbocycles. The number of hydrogen-bond donors (Lipinski definition) is 0. The van der Waals surface area contributed by atoms with Gasteiger partial charge in [-0.25, -0.2) is 0 Å². The van der Waals surface area contributed by atoms with Gasteiger partial charge in [0.25, 0.3) is 7.37 Å². The fourth-order valence-corrected chi connectivity index (χ4v) is 7.53. The van der Waals surface area contributed by atoms with Gasteiger partial charge in [-0.05, 0) is 60.0 Å². The minimum Gasteiger partial charge on any atom is -0.302 e. The molecule has 3 aromatic carbocycles. The number of aromatic nitrogens is 2. The highest BCUT2D eigenvalue weighted by Gasteiger charge is 2.39. The number of rotatable bonds is 10. The van der Waals surface area contributed by atoms with Crippen molar-refractivity contribution in [2.24, 2.45) is 0 Å². The van der Waals surface area contributed by atoms with Crippen LogP contribution in [0.1, 0.15) is 45.2 Å². The first-order valence-electron chi connectivity index (χ1n) is 13.1. The summed E-state index contributed by atoms with van der Waals surface area (Å²) >= 11 is 3.72. The molecule has 196 valence electrons. The molecule has 0 N–H and O–H groups in total. The van der Waals surface area contributed by atoms with Crippen LogP contribution in [0.2, 0.25) is 0 Å². The van der Waals surface area contributed by atoms with Crippen LogP contribution in [0.15, 0.2) is 95.5 Å². The lowest BCUT2D eigenvalue weighted by Crippen LogP contribution is -2.34. The van der Waals surface area contributed by atoms with Crippen molar-refractivity contribution >= 4 is 33.9 Å². The molecular weight excluding hydrogens is 555 g/mol. The lowest BCUT2D eigenvalue weighted by atomic mass is 9.93. The van der Waals surface area contributed by atoms with E-state index in [1.807, 2.05) is 90.5 Å². The topological polar surface area (TPSA) is 44.1 Å². The van der Waals surface area contributed by atoms with Gasteiger partial charge in [0.1, 0.15) is 17.8 Å². The fraction of sp³-hybridized carbons (Fsp3) is 0.281. The lowest BCUT2D eigenvalue weighted by Gasteiger charge is -2.33. The largest absolute Gasteiger partial charge is 0.302 e. The van der Waals surface area contributed by atoms with Crippen LogP contribution < -0.4 is 10.6 Å². The van der Waals surface area contributed by atoms with Crippen molar-refractivity contribution in [3.8, 4) is 23.1 Å². The van der Waals surface area contributed by atoms with Crippen LogP contribution in [0.5, 0.6) is 0 Å². The smallest absolute Gasteiger partial charge is 0.262 e. The van der Waals surface area contributed by atoms with Gasteiger partial charge in [0, 0.05) is 16.2 Å². The van der Waals surface area contributed by atoms with Crippen molar-refractivity contribution in [2.45, 2.75) is 58.6 Å². The average molecular weight is 590 g/mol. The minimum atomic E-state index is -3.40. The van der Waals surface area contributed by atoms with Crippen LogP contribution in [-0.2, 0) is 15.6 Å². The van der Waals surface area contributed by atoms with Gasteiger partial charge in [-0.1, -0.05) is 105 Å². The van der Waals surface area contributed by atoms with Gasteiger partial charge >= 0.3 is 0 Å². The van der Waals surface area contributed by atoms with Crippen molar-refractivity contribution < 1.29 is 9.09 Å². The third kappa shape index (κ3) is 6.21. The molecule has 38 heavy (non-hydrogen) atoms. The Bertz CT molecular complexity index is 1390. The molecule has 4 aromatic rings. The second kappa shape index (κ2) is 12.8. The van der Waals surface area contributed by atoms with Crippen molar-refractivity contribution in [3.05, 3.63) is 101 Å². The molecule has 0 unspecified atom stereocenters. The third-order valence-electron chi connectivity index (χ3n) is 6.53. The van der Waals surface area contributed by atoms with Crippen LogP contribution in [0.3, 0.4) is 0 Å². The van der Waals surface area contributed by atoms with Crippen molar-refractivity contribution in [1.82, 2.24) is 9.78 Å². The van der Waals surface area contributed by atoms with E-state index >= 15 is 0 Å². The van der Waals surface area contributed by atoms with Crippen LogP contribution >= 0.6 is 23.3 Å². The van der Waals surface area contributed by atoms with Crippen LogP contribution in [0.25, 0.3) is 11.3 Å². The van der Waals surface area contributed by atoms with Crippen LogP contribution in [0.4, 0.5) is 0 Å². The van der Waals surface area contributed by atoms with E-state index in [0.717, 1.165) is 34.3 Å². The third-order valence-corrected chi connectivity index (χ3v) is 10.0.